The summed E-state index contributed by atoms with van der Waals surface area (Å²) in [6.45, 7) is 2.77. The van der Waals surface area contributed by atoms with Crippen LogP contribution in [0, 0.1) is 6.92 Å². The fourth-order valence-electron chi connectivity index (χ4n) is 2.78. The number of nitrogens with zero attached hydrogens (tertiary/aromatic N) is 1. The minimum Gasteiger partial charge on any atom is -0.495 e. The number of hydrogen-bond donors (Lipinski definition) is 2. The van der Waals surface area contributed by atoms with E-state index in [2.05, 4.69) is 10.6 Å². The number of rotatable bonds is 5. The van der Waals surface area contributed by atoms with Crippen LogP contribution in [0.15, 0.2) is 12.1 Å². The van der Waals surface area contributed by atoms with Gasteiger partial charge in [0.15, 0.2) is 0 Å². The minimum absolute atomic E-state index is 0.0461. The number of carbonyl (C=O) groups is 2. The van der Waals surface area contributed by atoms with E-state index in [1.54, 1.807) is 19.2 Å². The van der Waals surface area contributed by atoms with Crippen molar-refractivity contribution in [1.29, 1.82) is 0 Å². The lowest BCUT2D eigenvalue weighted by atomic mass is 10.2. The molecule has 1 aromatic rings. The second-order valence-electron chi connectivity index (χ2n) is 5.59. The van der Waals surface area contributed by atoms with Crippen LogP contribution >= 0.6 is 11.6 Å². The van der Waals surface area contributed by atoms with Gasteiger partial charge in [0.25, 0.3) is 0 Å². The second kappa shape index (κ2) is 7.66. The molecular weight excluding hydrogens is 318 g/mol. The van der Waals surface area contributed by atoms with Gasteiger partial charge in [-0.25, -0.2) is 0 Å². The second-order valence-corrected chi connectivity index (χ2v) is 6.00. The highest BCUT2D eigenvalue weighted by Gasteiger charge is 2.31. The Morgan fingerprint density at radius 3 is 2.83 bits per heavy atom. The molecule has 1 heterocycles. The van der Waals surface area contributed by atoms with Crippen molar-refractivity contribution < 1.29 is 14.3 Å². The standard InChI is InChI=1S/C16H22ClN3O3/c1-10-7-12(14(23-3)8-11(10)17)19-15(21)9-20-6-4-5-13(20)16(22)18-2/h7-8,13H,4-6,9H2,1-3H3,(H,18,22)(H,19,21). The molecule has 0 spiro atoms. The van der Waals surface area contributed by atoms with Gasteiger partial charge in [-0.05, 0) is 37.9 Å². The molecule has 2 N–H and O–H groups in total. The third kappa shape index (κ3) is 4.14. The van der Waals surface area contributed by atoms with Gasteiger partial charge in [0.1, 0.15) is 5.75 Å². The normalized spacial score (nSPS) is 17.8. The molecule has 0 radical (unpaired) electrons. The van der Waals surface area contributed by atoms with Gasteiger partial charge in [-0.15, -0.1) is 0 Å². The Labute approximate surface area is 141 Å². The summed E-state index contributed by atoms with van der Waals surface area (Å²) in [5.41, 5.74) is 1.43. The molecule has 1 atom stereocenters. The molecule has 6 nitrogen and oxygen atoms in total. The number of anilines is 1. The third-order valence-corrected chi connectivity index (χ3v) is 4.42. The Kier molecular flexibility index (Phi) is 5.85. The van der Waals surface area contributed by atoms with Crippen LogP contribution in [-0.2, 0) is 9.59 Å². The molecule has 0 bridgehead atoms. The van der Waals surface area contributed by atoms with Gasteiger partial charge in [-0.3, -0.25) is 14.5 Å². The average molecular weight is 340 g/mol. The lowest BCUT2D eigenvalue weighted by molar-refractivity contribution is -0.126. The van der Waals surface area contributed by atoms with Crippen LogP contribution in [0.5, 0.6) is 5.75 Å². The van der Waals surface area contributed by atoms with Crippen molar-refractivity contribution in [1.82, 2.24) is 10.2 Å². The molecule has 1 aliphatic heterocycles. The first-order valence-electron chi connectivity index (χ1n) is 7.56. The molecule has 1 saturated heterocycles. The molecule has 1 aliphatic rings. The topological polar surface area (TPSA) is 70.7 Å². The number of hydrogen-bond acceptors (Lipinski definition) is 4. The van der Waals surface area contributed by atoms with Crippen molar-refractivity contribution in [3.63, 3.8) is 0 Å². The van der Waals surface area contributed by atoms with Gasteiger partial charge in [-0.1, -0.05) is 11.6 Å². The van der Waals surface area contributed by atoms with E-state index in [1.807, 2.05) is 11.8 Å². The summed E-state index contributed by atoms with van der Waals surface area (Å²) in [5.74, 6) is 0.286. The molecule has 0 aliphatic carbocycles. The van der Waals surface area contributed by atoms with Gasteiger partial charge in [0, 0.05) is 18.1 Å². The minimum atomic E-state index is -0.236. The molecule has 1 unspecified atom stereocenters. The number of aryl methyl sites for hydroxylation is 1. The summed E-state index contributed by atoms with van der Waals surface area (Å²) in [6.07, 6.45) is 1.69. The lowest BCUT2D eigenvalue weighted by Crippen LogP contribution is -2.45. The van der Waals surface area contributed by atoms with Crippen LogP contribution in [0.2, 0.25) is 5.02 Å². The maximum absolute atomic E-state index is 12.3. The Morgan fingerprint density at radius 2 is 2.17 bits per heavy atom. The summed E-state index contributed by atoms with van der Waals surface area (Å²) in [5, 5.41) is 6.07. The quantitative estimate of drug-likeness (QED) is 0.858. The van der Waals surface area contributed by atoms with Gasteiger partial charge < -0.3 is 15.4 Å². The van der Waals surface area contributed by atoms with E-state index in [-0.39, 0.29) is 24.4 Å². The largest absolute Gasteiger partial charge is 0.495 e. The zero-order chi connectivity index (χ0) is 17.0. The van der Waals surface area contributed by atoms with E-state index in [0.29, 0.717) is 16.5 Å². The maximum atomic E-state index is 12.3. The highest BCUT2D eigenvalue weighted by Crippen LogP contribution is 2.31. The smallest absolute Gasteiger partial charge is 0.238 e. The molecule has 1 aromatic carbocycles. The first-order chi connectivity index (χ1) is 11.0. The van der Waals surface area contributed by atoms with E-state index in [1.165, 1.54) is 7.11 Å². The van der Waals surface area contributed by atoms with E-state index in [4.69, 9.17) is 16.3 Å². The van der Waals surface area contributed by atoms with Crippen LogP contribution in [0.1, 0.15) is 18.4 Å². The van der Waals surface area contributed by atoms with Crippen LogP contribution in [0.3, 0.4) is 0 Å². The number of nitrogens with one attached hydrogen (secondary N) is 2. The van der Waals surface area contributed by atoms with Gasteiger partial charge >= 0.3 is 0 Å². The lowest BCUT2D eigenvalue weighted by Gasteiger charge is -2.22. The number of ether oxygens (including phenoxy) is 1. The molecule has 23 heavy (non-hydrogen) atoms. The molecule has 2 rings (SSSR count). The van der Waals surface area contributed by atoms with Crippen molar-refractivity contribution in [2.75, 3.05) is 32.6 Å². The van der Waals surface area contributed by atoms with E-state index < -0.39 is 0 Å². The van der Waals surface area contributed by atoms with Crippen molar-refractivity contribution in [3.8, 4) is 5.75 Å². The summed E-state index contributed by atoms with van der Waals surface area (Å²) in [4.78, 5) is 26.0. The van der Waals surface area contributed by atoms with Crippen LogP contribution in [0.4, 0.5) is 5.69 Å². The molecule has 0 saturated carbocycles. The van der Waals surface area contributed by atoms with Crippen LogP contribution < -0.4 is 15.4 Å². The van der Waals surface area contributed by atoms with Crippen molar-refractivity contribution in [3.05, 3.63) is 22.7 Å². The molecule has 2 amide bonds. The average Bonchev–Trinajstić information content (AvgIpc) is 2.97. The van der Waals surface area contributed by atoms with E-state index in [9.17, 15) is 9.59 Å². The maximum Gasteiger partial charge on any atom is 0.238 e. The zero-order valence-electron chi connectivity index (χ0n) is 13.6. The summed E-state index contributed by atoms with van der Waals surface area (Å²) in [6, 6.07) is 3.22. The predicted octanol–water partition coefficient (Wildman–Crippen LogP) is 1.81. The van der Waals surface area contributed by atoms with Gasteiger partial charge in [-0.2, -0.15) is 0 Å². The fraction of sp³-hybridized carbons (Fsp3) is 0.500. The van der Waals surface area contributed by atoms with Crippen molar-refractivity contribution >= 4 is 29.1 Å². The zero-order valence-corrected chi connectivity index (χ0v) is 14.4. The molecule has 7 heteroatoms. The van der Waals surface area contributed by atoms with Crippen molar-refractivity contribution in [2.24, 2.45) is 0 Å². The first-order valence-corrected chi connectivity index (χ1v) is 7.93. The molecule has 0 aromatic heterocycles. The number of likely N-dealkylation sites (N-methyl/N-ethyl adjacent to an activating group) is 1. The Morgan fingerprint density at radius 1 is 1.43 bits per heavy atom. The monoisotopic (exact) mass is 339 g/mol. The van der Waals surface area contributed by atoms with E-state index in [0.717, 1.165) is 24.9 Å². The van der Waals surface area contributed by atoms with Gasteiger partial charge in [0.2, 0.25) is 11.8 Å². The fourth-order valence-corrected chi connectivity index (χ4v) is 2.94. The number of likely N-dealkylation sites (tertiary alicyclic amines) is 1. The Hall–Kier alpha value is -1.79. The Balaban J connectivity index is 2.05. The number of carbonyl (C=O) groups excluding carboxylic acids is 2. The molecule has 126 valence electrons. The number of amides is 2. The van der Waals surface area contributed by atoms with E-state index >= 15 is 0 Å². The highest BCUT2D eigenvalue weighted by molar-refractivity contribution is 6.31. The van der Waals surface area contributed by atoms with Gasteiger partial charge in [0.05, 0.1) is 25.4 Å². The molecular formula is C16H22ClN3O3. The first kappa shape index (κ1) is 17.6. The number of halogens is 1. The SMILES string of the molecule is CNC(=O)C1CCCN1CC(=O)Nc1cc(C)c(Cl)cc1OC. The summed E-state index contributed by atoms with van der Waals surface area (Å²) >= 11 is 6.06. The summed E-state index contributed by atoms with van der Waals surface area (Å²) < 4.78 is 5.25. The molecule has 1 fully saturated rings. The predicted molar refractivity (Wildman–Crippen MR) is 90.0 cm³/mol. The van der Waals surface area contributed by atoms with Crippen LogP contribution in [0.25, 0.3) is 0 Å². The summed E-state index contributed by atoms with van der Waals surface area (Å²) in [7, 11) is 3.14. The third-order valence-electron chi connectivity index (χ3n) is 4.01. The Bertz CT molecular complexity index is 606. The number of methoxy groups -OCH3 is 1. The highest BCUT2D eigenvalue weighted by atomic mass is 35.5. The number of benzene rings is 1. The van der Waals surface area contributed by atoms with Crippen molar-refractivity contribution in [2.45, 2.75) is 25.8 Å². The van der Waals surface area contributed by atoms with Crippen LogP contribution in [-0.4, -0.2) is 50.0 Å².